The Morgan fingerprint density at radius 1 is 1.10 bits per heavy atom. The van der Waals surface area contributed by atoms with Gasteiger partial charge in [-0.05, 0) is 62.3 Å². The first kappa shape index (κ1) is 14.7. The van der Waals surface area contributed by atoms with E-state index in [1.54, 1.807) is 0 Å². The highest BCUT2D eigenvalue weighted by Gasteiger charge is 2.21. The maximum absolute atomic E-state index is 5.49. The second-order valence-corrected chi connectivity index (χ2v) is 5.88. The lowest BCUT2D eigenvalue weighted by Gasteiger charge is -2.29. The van der Waals surface area contributed by atoms with Crippen molar-refractivity contribution in [3.05, 3.63) is 23.3 Å². The summed E-state index contributed by atoms with van der Waals surface area (Å²) in [5, 5.41) is 0. The first-order valence-electron chi connectivity index (χ1n) is 8.16. The van der Waals surface area contributed by atoms with E-state index in [-0.39, 0.29) is 0 Å². The molecule has 0 spiro atoms. The summed E-state index contributed by atoms with van der Waals surface area (Å²) in [6, 6.07) is 4.35. The molecule has 0 aromatic heterocycles. The van der Waals surface area contributed by atoms with E-state index in [9.17, 15) is 0 Å². The third-order valence-corrected chi connectivity index (χ3v) is 4.63. The minimum atomic E-state index is 0.367. The number of rotatable bonds is 6. The smallest absolute Gasteiger partial charge is 0.231 e. The van der Waals surface area contributed by atoms with Crippen LogP contribution in [0.2, 0.25) is 0 Å². The third kappa shape index (κ3) is 3.33. The van der Waals surface area contributed by atoms with Gasteiger partial charge >= 0.3 is 0 Å². The van der Waals surface area contributed by atoms with Gasteiger partial charge in [0.15, 0.2) is 11.5 Å². The molecule has 2 aliphatic rings. The van der Waals surface area contributed by atoms with Gasteiger partial charge in [0, 0.05) is 13.1 Å². The van der Waals surface area contributed by atoms with Gasteiger partial charge in [-0.2, -0.15) is 0 Å². The summed E-state index contributed by atoms with van der Waals surface area (Å²) in [4.78, 5) is 5.06. The summed E-state index contributed by atoms with van der Waals surface area (Å²) in [6.45, 7) is 11.8. The minimum absolute atomic E-state index is 0.367. The van der Waals surface area contributed by atoms with E-state index in [1.165, 1.54) is 30.6 Å². The van der Waals surface area contributed by atoms with Gasteiger partial charge in [-0.1, -0.05) is 13.8 Å². The van der Waals surface area contributed by atoms with E-state index in [0.717, 1.165) is 44.1 Å². The number of fused-ring (bicyclic) bond motifs is 2. The normalized spacial score (nSPS) is 17.3. The Labute approximate surface area is 127 Å². The van der Waals surface area contributed by atoms with Crippen molar-refractivity contribution in [2.75, 3.05) is 39.5 Å². The molecule has 0 aliphatic carbocycles. The molecule has 2 heterocycles. The van der Waals surface area contributed by atoms with Gasteiger partial charge in [-0.25, -0.2) is 0 Å². The Balaban J connectivity index is 1.55. The first-order chi connectivity index (χ1) is 10.3. The van der Waals surface area contributed by atoms with E-state index < -0.39 is 0 Å². The van der Waals surface area contributed by atoms with Crippen LogP contribution in [-0.4, -0.2) is 49.3 Å². The topological polar surface area (TPSA) is 24.9 Å². The van der Waals surface area contributed by atoms with Gasteiger partial charge in [-0.15, -0.1) is 0 Å². The fourth-order valence-electron chi connectivity index (χ4n) is 3.25. The zero-order valence-corrected chi connectivity index (χ0v) is 13.2. The Kier molecular flexibility index (Phi) is 4.66. The maximum Gasteiger partial charge on any atom is 0.231 e. The molecule has 0 amide bonds. The third-order valence-electron chi connectivity index (χ3n) is 4.63. The molecule has 2 aliphatic heterocycles. The molecule has 0 fully saturated rings. The van der Waals surface area contributed by atoms with Crippen LogP contribution in [0.15, 0.2) is 12.1 Å². The molecule has 21 heavy (non-hydrogen) atoms. The summed E-state index contributed by atoms with van der Waals surface area (Å²) in [6.07, 6.45) is 2.37. The molecular formula is C17H26N2O2. The van der Waals surface area contributed by atoms with Crippen LogP contribution in [0.3, 0.4) is 0 Å². The van der Waals surface area contributed by atoms with Gasteiger partial charge in [0.25, 0.3) is 0 Å². The standard InChI is InChI=1S/C17H26N2O2/c1-3-18(4-2)7-5-8-19-9-6-14-10-16-17(21-13-20-16)11-15(14)12-19/h10-11H,3-9,12-13H2,1-2H3. The molecule has 0 N–H and O–H groups in total. The van der Waals surface area contributed by atoms with Crippen molar-refractivity contribution in [3.8, 4) is 11.5 Å². The lowest BCUT2D eigenvalue weighted by molar-refractivity contribution is 0.174. The molecular weight excluding hydrogens is 264 g/mol. The second kappa shape index (κ2) is 6.67. The fourth-order valence-corrected chi connectivity index (χ4v) is 3.25. The molecule has 1 aromatic rings. The number of nitrogens with zero attached hydrogens (tertiary/aromatic N) is 2. The highest BCUT2D eigenvalue weighted by Crippen LogP contribution is 2.36. The second-order valence-electron chi connectivity index (χ2n) is 5.88. The fraction of sp³-hybridized carbons (Fsp3) is 0.647. The zero-order valence-electron chi connectivity index (χ0n) is 13.2. The van der Waals surface area contributed by atoms with Crippen LogP contribution in [0, 0.1) is 0 Å². The monoisotopic (exact) mass is 290 g/mol. The Hall–Kier alpha value is -1.26. The highest BCUT2D eigenvalue weighted by atomic mass is 16.7. The summed E-state index contributed by atoms with van der Waals surface area (Å²) >= 11 is 0. The summed E-state index contributed by atoms with van der Waals surface area (Å²) in [7, 11) is 0. The maximum atomic E-state index is 5.49. The Morgan fingerprint density at radius 3 is 2.52 bits per heavy atom. The molecule has 0 saturated carbocycles. The number of hydrogen-bond acceptors (Lipinski definition) is 4. The van der Waals surface area contributed by atoms with Gasteiger partial charge in [0.05, 0.1) is 0 Å². The van der Waals surface area contributed by atoms with Crippen LogP contribution >= 0.6 is 0 Å². The molecule has 116 valence electrons. The van der Waals surface area contributed by atoms with E-state index in [4.69, 9.17) is 9.47 Å². The van der Waals surface area contributed by atoms with Crippen molar-refractivity contribution >= 4 is 0 Å². The average molecular weight is 290 g/mol. The summed E-state index contributed by atoms with van der Waals surface area (Å²) in [5.41, 5.74) is 2.84. The van der Waals surface area contributed by atoms with Crippen LogP contribution < -0.4 is 9.47 Å². The number of benzene rings is 1. The molecule has 4 nitrogen and oxygen atoms in total. The van der Waals surface area contributed by atoms with Crippen molar-refractivity contribution in [1.29, 1.82) is 0 Å². The molecule has 0 radical (unpaired) electrons. The lowest BCUT2D eigenvalue weighted by atomic mass is 9.99. The van der Waals surface area contributed by atoms with Crippen LogP contribution in [0.5, 0.6) is 11.5 Å². The van der Waals surface area contributed by atoms with Crippen molar-refractivity contribution < 1.29 is 9.47 Å². The molecule has 1 aromatic carbocycles. The van der Waals surface area contributed by atoms with Crippen molar-refractivity contribution in [1.82, 2.24) is 9.80 Å². The van der Waals surface area contributed by atoms with Crippen LogP contribution in [-0.2, 0) is 13.0 Å². The highest BCUT2D eigenvalue weighted by molar-refractivity contribution is 5.49. The summed E-state index contributed by atoms with van der Waals surface area (Å²) < 4.78 is 11.0. The largest absolute Gasteiger partial charge is 0.454 e. The predicted octanol–water partition coefficient (Wildman–Crippen LogP) is 2.51. The SMILES string of the molecule is CCN(CC)CCCN1CCc2cc3c(cc2C1)OCO3. The van der Waals surface area contributed by atoms with Gasteiger partial charge in [0.2, 0.25) is 6.79 Å². The minimum Gasteiger partial charge on any atom is -0.454 e. The number of hydrogen-bond donors (Lipinski definition) is 0. The lowest BCUT2D eigenvalue weighted by Crippen LogP contribution is -2.33. The quantitative estimate of drug-likeness (QED) is 0.804. The van der Waals surface area contributed by atoms with Gasteiger partial charge in [0.1, 0.15) is 0 Å². The van der Waals surface area contributed by atoms with E-state index >= 15 is 0 Å². The zero-order chi connectivity index (χ0) is 14.7. The summed E-state index contributed by atoms with van der Waals surface area (Å²) in [5.74, 6) is 1.84. The Bertz CT molecular complexity index is 486. The molecule has 3 rings (SSSR count). The molecule has 0 unspecified atom stereocenters. The average Bonchev–Trinajstić information content (AvgIpc) is 2.96. The van der Waals surface area contributed by atoms with E-state index in [1.807, 2.05) is 0 Å². The van der Waals surface area contributed by atoms with E-state index in [2.05, 4.69) is 35.8 Å². The van der Waals surface area contributed by atoms with Gasteiger partial charge < -0.3 is 14.4 Å². The van der Waals surface area contributed by atoms with Crippen LogP contribution in [0.25, 0.3) is 0 Å². The molecule has 0 saturated heterocycles. The predicted molar refractivity (Wildman–Crippen MR) is 84.0 cm³/mol. The Morgan fingerprint density at radius 2 is 1.81 bits per heavy atom. The van der Waals surface area contributed by atoms with Crippen LogP contribution in [0.4, 0.5) is 0 Å². The van der Waals surface area contributed by atoms with Gasteiger partial charge in [-0.3, -0.25) is 4.90 Å². The molecule has 0 atom stereocenters. The number of ether oxygens (including phenoxy) is 2. The van der Waals surface area contributed by atoms with Crippen LogP contribution in [0.1, 0.15) is 31.4 Å². The van der Waals surface area contributed by atoms with Crippen molar-refractivity contribution in [3.63, 3.8) is 0 Å². The van der Waals surface area contributed by atoms with Crippen molar-refractivity contribution in [2.45, 2.75) is 33.2 Å². The molecule has 0 bridgehead atoms. The van der Waals surface area contributed by atoms with Crippen molar-refractivity contribution in [2.24, 2.45) is 0 Å². The molecule has 4 heteroatoms. The first-order valence-corrected chi connectivity index (χ1v) is 8.16. The van der Waals surface area contributed by atoms with E-state index in [0.29, 0.717) is 6.79 Å².